The Morgan fingerprint density at radius 3 is 2.86 bits per heavy atom. The van der Waals surface area contributed by atoms with Crippen molar-refractivity contribution in [2.45, 2.75) is 23.8 Å². The van der Waals surface area contributed by atoms with Crippen molar-refractivity contribution < 1.29 is 4.79 Å². The zero-order valence-electron chi connectivity index (χ0n) is 11.5. The molecule has 1 aliphatic rings. The van der Waals surface area contributed by atoms with Crippen LogP contribution in [0.1, 0.15) is 23.8 Å². The molecule has 1 fully saturated rings. The van der Waals surface area contributed by atoms with Gasteiger partial charge in [0.2, 0.25) is 5.91 Å². The average molecular weight is 338 g/mol. The Labute approximate surface area is 138 Å². The predicted octanol–water partition coefficient (Wildman–Crippen LogP) is 4.86. The molecule has 3 rings (SSSR count). The first kappa shape index (κ1) is 14.9. The molecule has 1 aromatic carbocycles. The second-order valence-corrected chi connectivity index (χ2v) is 7.47. The van der Waals surface area contributed by atoms with Gasteiger partial charge in [0.05, 0.1) is 11.8 Å². The summed E-state index contributed by atoms with van der Waals surface area (Å²) >= 11 is 9.19. The minimum atomic E-state index is 0.228. The fourth-order valence-corrected chi connectivity index (χ4v) is 4.38. The minimum absolute atomic E-state index is 0.228. The first-order valence-electron chi connectivity index (χ1n) is 6.95. The maximum absolute atomic E-state index is 12.5. The van der Waals surface area contributed by atoms with Crippen molar-refractivity contribution in [1.82, 2.24) is 4.90 Å². The lowest BCUT2D eigenvalue weighted by molar-refractivity contribution is -0.129. The standard InChI is InChI=1S/C16H16ClNOS2/c17-12-5-7-13(8-6-12)21-11-16(19)18-9-1-3-14(18)15-4-2-10-20-15/h2,4-8,10,14H,1,3,9,11H2. The van der Waals surface area contributed by atoms with Crippen molar-refractivity contribution in [2.75, 3.05) is 12.3 Å². The maximum Gasteiger partial charge on any atom is 0.233 e. The summed E-state index contributed by atoms with van der Waals surface area (Å²) in [7, 11) is 0. The Balaban J connectivity index is 1.61. The molecule has 2 nitrogen and oxygen atoms in total. The number of carbonyl (C=O) groups excluding carboxylic acids is 1. The molecule has 0 aliphatic carbocycles. The van der Waals surface area contributed by atoms with Gasteiger partial charge in [-0.05, 0) is 48.6 Å². The summed E-state index contributed by atoms with van der Waals surface area (Å²) in [5.74, 6) is 0.717. The average Bonchev–Trinajstić information content (AvgIpc) is 3.16. The fourth-order valence-electron chi connectivity index (χ4n) is 2.60. The van der Waals surface area contributed by atoms with E-state index in [1.807, 2.05) is 29.2 Å². The molecule has 2 heterocycles. The van der Waals surface area contributed by atoms with Gasteiger partial charge >= 0.3 is 0 Å². The van der Waals surface area contributed by atoms with Crippen LogP contribution in [0.2, 0.25) is 5.02 Å². The van der Waals surface area contributed by atoms with E-state index in [1.54, 1.807) is 23.1 Å². The van der Waals surface area contributed by atoms with Gasteiger partial charge in [0, 0.05) is 21.3 Å². The summed E-state index contributed by atoms with van der Waals surface area (Å²) in [6.07, 6.45) is 2.18. The van der Waals surface area contributed by atoms with E-state index in [9.17, 15) is 4.79 Å². The molecule has 0 bridgehead atoms. The highest BCUT2D eigenvalue weighted by atomic mass is 35.5. The Morgan fingerprint density at radius 1 is 1.33 bits per heavy atom. The van der Waals surface area contributed by atoms with Crippen LogP contribution in [0, 0.1) is 0 Å². The van der Waals surface area contributed by atoms with Crippen molar-refractivity contribution in [3.8, 4) is 0 Å². The zero-order valence-corrected chi connectivity index (χ0v) is 13.9. The molecular formula is C16H16ClNOS2. The summed E-state index contributed by atoms with van der Waals surface area (Å²) < 4.78 is 0. The van der Waals surface area contributed by atoms with Crippen LogP contribution >= 0.6 is 34.7 Å². The number of carbonyl (C=O) groups is 1. The zero-order chi connectivity index (χ0) is 14.7. The predicted molar refractivity (Wildman–Crippen MR) is 90.2 cm³/mol. The lowest BCUT2D eigenvalue weighted by atomic mass is 10.2. The smallest absolute Gasteiger partial charge is 0.233 e. The van der Waals surface area contributed by atoms with Crippen molar-refractivity contribution in [3.05, 3.63) is 51.7 Å². The van der Waals surface area contributed by atoms with Crippen LogP contribution in [-0.4, -0.2) is 23.1 Å². The van der Waals surface area contributed by atoms with Crippen LogP contribution in [0.3, 0.4) is 0 Å². The van der Waals surface area contributed by atoms with Gasteiger partial charge in [0.15, 0.2) is 0 Å². The molecular weight excluding hydrogens is 322 g/mol. The highest BCUT2D eigenvalue weighted by molar-refractivity contribution is 8.00. The van der Waals surface area contributed by atoms with E-state index in [-0.39, 0.29) is 11.9 Å². The molecule has 0 saturated carbocycles. The molecule has 1 unspecified atom stereocenters. The van der Waals surface area contributed by atoms with Crippen LogP contribution in [0.15, 0.2) is 46.7 Å². The minimum Gasteiger partial charge on any atom is -0.334 e. The third kappa shape index (κ3) is 3.62. The molecule has 1 aromatic heterocycles. The van der Waals surface area contributed by atoms with E-state index in [1.165, 1.54) is 4.88 Å². The number of hydrogen-bond acceptors (Lipinski definition) is 3. The topological polar surface area (TPSA) is 20.3 Å². The largest absolute Gasteiger partial charge is 0.334 e. The van der Waals surface area contributed by atoms with Gasteiger partial charge in [0.25, 0.3) is 0 Å². The number of hydrogen-bond donors (Lipinski definition) is 0. The molecule has 2 aromatic rings. The molecule has 0 radical (unpaired) electrons. The van der Waals surface area contributed by atoms with Gasteiger partial charge in [-0.3, -0.25) is 4.79 Å². The second-order valence-electron chi connectivity index (χ2n) is 5.00. The summed E-state index contributed by atoms with van der Waals surface area (Å²) in [5.41, 5.74) is 0. The monoisotopic (exact) mass is 337 g/mol. The number of thioether (sulfide) groups is 1. The van der Waals surface area contributed by atoms with Crippen LogP contribution in [0.5, 0.6) is 0 Å². The van der Waals surface area contributed by atoms with Crippen LogP contribution in [0.25, 0.3) is 0 Å². The molecule has 21 heavy (non-hydrogen) atoms. The normalized spacial score (nSPS) is 18.1. The SMILES string of the molecule is O=C(CSc1ccc(Cl)cc1)N1CCCC1c1cccs1. The number of halogens is 1. The summed E-state index contributed by atoms with van der Waals surface area (Å²) in [5, 5.41) is 2.81. The number of likely N-dealkylation sites (tertiary alicyclic amines) is 1. The third-order valence-electron chi connectivity index (χ3n) is 3.62. The Kier molecular flexibility index (Phi) is 4.88. The number of amides is 1. The van der Waals surface area contributed by atoms with E-state index >= 15 is 0 Å². The Hall–Kier alpha value is -0.970. The maximum atomic E-state index is 12.5. The van der Waals surface area contributed by atoms with Crippen LogP contribution in [0.4, 0.5) is 0 Å². The number of nitrogens with zero attached hydrogens (tertiary/aromatic N) is 1. The lowest BCUT2D eigenvalue weighted by Crippen LogP contribution is -2.31. The van der Waals surface area contributed by atoms with Gasteiger partial charge < -0.3 is 4.90 Å². The number of rotatable bonds is 4. The molecule has 0 N–H and O–H groups in total. The lowest BCUT2D eigenvalue weighted by Gasteiger charge is -2.23. The van der Waals surface area contributed by atoms with E-state index < -0.39 is 0 Å². The van der Waals surface area contributed by atoms with Crippen LogP contribution in [-0.2, 0) is 4.79 Å². The van der Waals surface area contributed by atoms with Crippen molar-refractivity contribution >= 4 is 40.6 Å². The van der Waals surface area contributed by atoms with Gasteiger partial charge in [-0.15, -0.1) is 23.1 Å². The third-order valence-corrected chi connectivity index (χ3v) is 5.84. The molecule has 1 amide bonds. The highest BCUT2D eigenvalue weighted by Crippen LogP contribution is 2.35. The van der Waals surface area contributed by atoms with Gasteiger partial charge in [-0.2, -0.15) is 0 Å². The Morgan fingerprint density at radius 2 is 2.14 bits per heavy atom. The molecule has 0 spiro atoms. The molecule has 110 valence electrons. The van der Waals surface area contributed by atoms with Gasteiger partial charge in [-0.25, -0.2) is 0 Å². The highest BCUT2D eigenvalue weighted by Gasteiger charge is 2.30. The molecule has 5 heteroatoms. The fraction of sp³-hybridized carbons (Fsp3) is 0.312. The Bertz CT molecular complexity index is 597. The van der Waals surface area contributed by atoms with Crippen molar-refractivity contribution in [3.63, 3.8) is 0 Å². The van der Waals surface area contributed by atoms with Crippen molar-refractivity contribution in [1.29, 1.82) is 0 Å². The summed E-state index contributed by atoms with van der Waals surface area (Å²) in [6.45, 7) is 0.878. The second kappa shape index (κ2) is 6.86. The molecule has 1 atom stereocenters. The first-order valence-corrected chi connectivity index (χ1v) is 9.19. The van der Waals surface area contributed by atoms with Gasteiger partial charge in [-0.1, -0.05) is 17.7 Å². The summed E-state index contributed by atoms with van der Waals surface area (Å²) in [4.78, 5) is 16.9. The van der Waals surface area contributed by atoms with Crippen LogP contribution < -0.4 is 0 Å². The molecule has 1 saturated heterocycles. The van der Waals surface area contributed by atoms with E-state index in [0.29, 0.717) is 5.75 Å². The molecule has 1 aliphatic heterocycles. The quantitative estimate of drug-likeness (QED) is 0.743. The van der Waals surface area contributed by atoms with Crippen molar-refractivity contribution in [2.24, 2.45) is 0 Å². The van der Waals surface area contributed by atoms with Gasteiger partial charge in [0.1, 0.15) is 0 Å². The number of thiophene rings is 1. The van der Waals surface area contributed by atoms with E-state index in [2.05, 4.69) is 17.5 Å². The number of benzene rings is 1. The van der Waals surface area contributed by atoms with E-state index in [4.69, 9.17) is 11.6 Å². The first-order chi connectivity index (χ1) is 10.2. The van der Waals surface area contributed by atoms with E-state index in [0.717, 1.165) is 29.3 Å². The summed E-state index contributed by atoms with van der Waals surface area (Å²) in [6, 6.07) is 12.1.